The number of benzene rings is 2. The van der Waals surface area contributed by atoms with Crippen LogP contribution in [0.2, 0.25) is 0 Å². The van der Waals surface area contributed by atoms with Gasteiger partial charge in [0.1, 0.15) is 5.75 Å². The second-order valence-corrected chi connectivity index (χ2v) is 4.82. The van der Waals surface area contributed by atoms with Crippen LogP contribution in [0.5, 0.6) is 5.75 Å². The topological polar surface area (TPSA) is 93.4 Å². The van der Waals surface area contributed by atoms with Gasteiger partial charge in [-0.15, -0.1) is 0 Å². The summed E-state index contributed by atoms with van der Waals surface area (Å²) in [5.41, 5.74) is 7.18. The van der Waals surface area contributed by atoms with Crippen molar-refractivity contribution >= 4 is 17.6 Å². The van der Waals surface area contributed by atoms with Crippen LogP contribution in [0.4, 0.5) is 10.5 Å². The summed E-state index contributed by atoms with van der Waals surface area (Å²) < 4.78 is 5.55. The highest BCUT2D eigenvalue weighted by molar-refractivity contribution is 5.94. The predicted molar refractivity (Wildman–Crippen MR) is 88.4 cm³/mol. The van der Waals surface area contributed by atoms with Gasteiger partial charge in [-0.05, 0) is 42.3 Å². The molecular weight excluding hydrogens is 294 g/mol. The zero-order chi connectivity index (χ0) is 16.7. The Kier molecular flexibility index (Phi) is 5.57. The highest BCUT2D eigenvalue weighted by Gasteiger charge is 2.05. The number of para-hydroxylation sites is 1. The molecule has 2 rings (SSSR count). The first-order valence-electron chi connectivity index (χ1n) is 7.25. The molecule has 2 aromatic carbocycles. The van der Waals surface area contributed by atoms with Gasteiger partial charge in [-0.2, -0.15) is 0 Å². The molecule has 0 aliphatic rings. The van der Waals surface area contributed by atoms with E-state index in [4.69, 9.17) is 10.5 Å². The fourth-order valence-corrected chi connectivity index (χ4v) is 2.01. The normalized spacial score (nSPS) is 9.96. The second-order valence-electron chi connectivity index (χ2n) is 4.82. The summed E-state index contributed by atoms with van der Waals surface area (Å²) in [6.07, 6.45) is 0.856. The maximum atomic E-state index is 11.8. The van der Waals surface area contributed by atoms with E-state index in [-0.39, 0.29) is 6.73 Å². The molecule has 0 bridgehead atoms. The molecule has 0 saturated carbocycles. The van der Waals surface area contributed by atoms with Gasteiger partial charge in [0.05, 0.1) is 0 Å². The van der Waals surface area contributed by atoms with Gasteiger partial charge in [0, 0.05) is 11.3 Å². The van der Waals surface area contributed by atoms with E-state index >= 15 is 0 Å². The lowest BCUT2D eigenvalue weighted by atomic mass is 10.1. The molecule has 4 N–H and O–H groups in total. The van der Waals surface area contributed by atoms with Crippen LogP contribution in [0.25, 0.3) is 0 Å². The van der Waals surface area contributed by atoms with Gasteiger partial charge in [0.25, 0.3) is 0 Å². The van der Waals surface area contributed by atoms with Crippen LogP contribution in [0.1, 0.15) is 22.8 Å². The predicted octanol–water partition coefficient (Wildman–Crippen LogP) is 2.51. The molecule has 0 spiro atoms. The highest BCUT2D eigenvalue weighted by atomic mass is 16.5. The standard InChI is InChI=1S/C17H19N3O3/c1-2-12-5-3-4-6-15(12)23-11-19-17(22)20-14-9-7-13(8-10-14)16(18)21/h3-10H,2,11H2,1H3,(H2,18,21)(H2,19,20,22). The zero-order valence-electron chi connectivity index (χ0n) is 12.8. The van der Waals surface area contributed by atoms with Crippen LogP contribution in [0.3, 0.4) is 0 Å². The van der Waals surface area contributed by atoms with Crippen molar-refractivity contribution in [2.24, 2.45) is 5.73 Å². The Balaban J connectivity index is 1.82. The van der Waals surface area contributed by atoms with Crippen LogP contribution < -0.4 is 21.1 Å². The summed E-state index contributed by atoms with van der Waals surface area (Å²) in [4.78, 5) is 22.8. The lowest BCUT2D eigenvalue weighted by Gasteiger charge is -2.12. The summed E-state index contributed by atoms with van der Waals surface area (Å²) >= 11 is 0. The van der Waals surface area contributed by atoms with Gasteiger partial charge in [-0.25, -0.2) is 4.79 Å². The summed E-state index contributed by atoms with van der Waals surface area (Å²) in [5, 5.41) is 5.25. The summed E-state index contributed by atoms with van der Waals surface area (Å²) in [6, 6.07) is 13.6. The van der Waals surface area contributed by atoms with Crippen molar-refractivity contribution < 1.29 is 14.3 Å². The molecule has 0 aliphatic carbocycles. The van der Waals surface area contributed by atoms with Crippen molar-refractivity contribution in [3.8, 4) is 5.75 Å². The SMILES string of the molecule is CCc1ccccc1OCNC(=O)Nc1ccc(C(N)=O)cc1. The largest absolute Gasteiger partial charge is 0.473 e. The summed E-state index contributed by atoms with van der Waals surface area (Å²) in [5.74, 6) is 0.241. The third-order valence-electron chi connectivity index (χ3n) is 3.24. The molecule has 23 heavy (non-hydrogen) atoms. The molecule has 0 unspecified atom stereocenters. The number of hydrogen-bond donors (Lipinski definition) is 3. The van der Waals surface area contributed by atoms with Gasteiger partial charge in [-0.3, -0.25) is 4.79 Å². The average Bonchev–Trinajstić information content (AvgIpc) is 2.55. The molecular formula is C17H19N3O3. The van der Waals surface area contributed by atoms with Crippen LogP contribution in [-0.2, 0) is 6.42 Å². The minimum Gasteiger partial charge on any atom is -0.473 e. The molecule has 6 heteroatoms. The molecule has 0 heterocycles. The molecule has 0 aliphatic heterocycles. The first kappa shape index (κ1) is 16.4. The average molecular weight is 313 g/mol. The quantitative estimate of drug-likeness (QED) is 0.715. The number of anilines is 1. The smallest absolute Gasteiger partial charge is 0.321 e. The molecule has 6 nitrogen and oxygen atoms in total. The van der Waals surface area contributed by atoms with Crippen LogP contribution in [-0.4, -0.2) is 18.7 Å². The Bertz CT molecular complexity index is 684. The maximum absolute atomic E-state index is 11.8. The van der Waals surface area contributed by atoms with E-state index in [1.165, 1.54) is 0 Å². The van der Waals surface area contributed by atoms with Crippen molar-refractivity contribution in [1.29, 1.82) is 0 Å². The number of ether oxygens (including phenoxy) is 1. The Labute approximate surface area is 134 Å². The monoisotopic (exact) mass is 313 g/mol. The molecule has 0 fully saturated rings. The number of rotatable bonds is 6. The number of primary amides is 1. The first-order valence-corrected chi connectivity index (χ1v) is 7.25. The number of nitrogens with two attached hydrogens (primary N) is 1. The molecule has 0 radical (unpaired) electrons. The maximum Gasteiger partial charge on any atom is 0.321 e. The Morgan fingerprint density at radius 3 is 2.43 bits per heavy atom. The Morgan fingerprint density at radius 1 is 1.09 bits per heavy atom. The van der Waals surface area contributed by atoms with Crippen molar-refractivity contribution in [1.82, 2.24) is 5.32 Å². The number of nitrogens with one attached hydrogen (secondary N) is 2. The van der Waals surface area contributed by atoms with E-state index in [0.29, 0.717) is 11.3 Å². The number of urea groups is 1. The molecule has 0 saturated heterocycles. The molecule has 120 valence electrons. The summed E-state index contributed by atoms with van der Waals surface area (Å²) in [7, 11) is 0. The van der Waals surface area contributed by atoms with Crippen molar-refractivity contribution in [3.05, 3.63) is 59.7 Å². The molecule has 0 atom stereocenters. The number of amides is 3. The van der Waals surface area contributed by atoms with E-state index < -0.39 is 11.9 Å². The minimum absolute atomic E-state index is 0.0578. The Hall–Kier alpha value is -3.02. The van der Waals surface area contributed by atoms with Gasteiger partial charge in [-0.1, -0.05) is 25.1 Å². The lowest BCUT2D eigenvalue weighted by molar-refractivity contribution is 0.100. The van der Waals surface area contributed by atoms with E-state index in [1.54, 1.807) is 24.3 Å². The van der Waals surface area contributed by atoms with Gasteiger partial charge in [0.2, 0.25) is 5.91 Å². The second kappa shape index (κ2) is 7.84. The third-order valence-corrected chi connectivity index (χ3v) is 3.24. The fourth-order valence-electron chi connectivity index (χ4n) is 2.01. The van der Waals surface area contributed by atoms with Gasteiger partial charge in [0.15, 0.2) is 6.73 Å². The van der Waals surface area contributed by atoms with Crippen LogP contribution >= 0.6 is 0 Å². The fraction of sp³-hybridized carbons (Fsp3) is 0.176. The number of carbonyl (C=O) groups excluding carboxylic acids is 2. The Morgan fingerprint density at radius 2 is 1.78 bits per heavy atom. The molecule has 0 aromatic heterocycles. The zero-order valence-corrected chi connectivity index (χ0v) is 12.8. The van der Waals surface area contributed by atoms with Crippen molar-refractivity contribution in [3.63, 3.8) is 0 Å². The first-order chi connectivity index (χ1) is 11.1. The van der Waals surface area contributed by atoms with E-state index in [1.807, 2.05) is 31.2 Å². The van der Waals surface area contributed by atoms with E-state index in [2.05, 4.69) is 10.6 Å². The minimum atomic E-state index is -0.510. The van der Waals surface area contributed by atoms with Crippen molar-refractivity contribution in [2.45, 2.75) is 13.3 Å². The highest BCUT2D eigenvalue weighted by Crippen LogP contribution is 2.17. The van der Waals surface area contributed by atoms with Crippen molar-refractivity contribution in [2.75, 3.05) is 12.0 Å². The third kappa shape index (κ3) is 4.74. The van der Waals surface area contributed by atoms with Crippen LogP contribution in [0, 0.1) is 0 Å². The molecule has 2 aromatic rings. The van der Waals surface area contributed by atoms with Gasteiger partial charge < -0.3 is 21.1 Å². The van der Waals surface area contributed by atoms with E-state index in [0.717, 1.165) is 17.7 Å². The summed E-state index contributed by atoms with van der Waals surface area (Å²) in [6.45, 7) is 2.10. The van der Waals surface area contributed by atoms with E-state index in [9.17, 15) is 9.59 Å². The van der Waals surface area contributed by atoms with Crippen LogP contribution in [0.15, 0.2) is 48.5 Å². The molecule has 3 amide bonds. The lowest BCUT2D eigenvalue weighted by Crippen LogP contribution is -2.32. The number of carbonyl (C=O) groups is 2. The number of aryl methyl sites for hydroxylation is 1. The number of hydrogen-bond acceptors (Lipinski definition) is 3. The van der Waals surface area contributed by atoms with Gasteiger partial charge >= 0.3 is 6.03 Å².